The van der Waals surface area contributed by atoms with Crippen molar-refractivity contribution >= 4 is 15.8 Å². The summed E-state index contributed by atoms with van der Waals surface area (Å²) in [6.45, 7) is 0.453. The van der Waals surface area contributed by atoms with Crippen LogP contribution in [0.1, 0.15) is 28.8 Å². The Hall–Kier alpha value is -1.41. The minimum Gasteiger partial charge on any atom is -0.294 e. The van der Waals surface area contributed by atoms with Crippen LogP contribution in [-0.4, -0.2) is 37.9 Å². The Morgan fingerprint density at radius 3 is 2.32 bits per heavy atom. The molecule has 1 unspecified atom stereocenters. The molecule has 0 N–H and O–H groups in total. The van der Waals surface area contributed by atoms with Crippen molar-refractivity contribution in [3.63, 3.8) is 0 Å². The highest BCUT2D eigenvalue weighted by Crippen LogP contribution is 2.30. The molecule has 2 rings (SSSR count). The molecule has 1 saturated heterocycles. The van der Waals surface area contributed by atoms with E-state index in [-0.39, 0.29) is 17.9 Å². The summed E-state index contributed by atoms with van der Waals surface area (Å²) in [6.07, 6.45) is -2.27. The minimum absolute atomic E-state index is 0.0820. The second kappa shape index (κ2) is 6.00. The zero-order valence-corrected chi connectivity index (χ0v) is 12.7. The number of halogens is 3. The van der Waals surface area contributed by atoms with Crippen LogP contribution in [0.3, 0.4) is 0 Å². The normalized spacial score (nSPS) is 20.8. The summed E-state index contributed by atoms with van der Waals surface area (Å²) >= 11 is 0. The van der Waals surface area contributed by atoms with Gasteiger partial charge in [-0.25, -0.2) is 12.7 Å². The quantitative estimate of drug-likeness (QED) is 0.798. The van der Waals surface area contributed by atoms with E-state index in [1.54, 1.807) is 0 Å². The largest absolute Gasteiger partial charge is 0.416 e. The predicted molar refractivity (Wildman–Crippen MR) is 74.9 cm³/mol. The van der Waals surface area contributed by atoms with Crippen LogP contribution in [0.5, 0.6) is 0 Å². The van der Waals surface area contributed by atoms with E-state index in [0.717, 1.165) is 30.5 Å². The molecule has 0 saturated carbocycles. The molecule has 1 fully saturated rings. The number of ketones is 1. The molecule has 1 heterocycles. The lowest BCUT2D eigenvalue weighted by Gasteiger charge is -2.30. The zero-order chi connectivity index (χ0) is 16.5. The van der Waals surface area contributed by atoms with Gasteiger partial charge in [-0.2, -0.15) is 13.2 Å². The molecule has 1 atom stereocenters. The Labute approximate surface area is 127 Å². The average Bonchev–Trinajstić information content (AvgIpc) is 2.45. The first-order valence-electron chi connectivity index (χ1n) is 6.75. The van der Waals surface area contributed by atoms with Gasteiger partial charge < -0.3 is 0 Å². The van der Waals surface area contributed by atoms with Crippen molar-refractivity contribution in [1.29, 1.82) is 0 Å². The molecule has 1 aliphatic rings. The fourth-order valence-corrected chi connectivity index (χ4v) is 3.43. The van der Waals surface area contributed by atoms with Gasteiger partial charge in [0.2, 0.25) is 10.0 Å². The van der Waals surface area contributed by atoms with E-state index in [0.29, 0.717) is 19.4 Å². The monoisotopic (exact) mass is 335 g/mol. The maximum absolute atomic E-state index is 12.5. The first-order chi connectivity index (χ1) is 10.1. The smallest absolute Gasteiger partial charge is 0.294 e. The lowest BCUT2D eigenvalue weighted by Crippen LogP contribution is -2.41. The summed E-state index contributed by atoms with van der Waals surface area (Å²) in [6, 6.07) is 4.02. The van der Waals surface area contributed by atoms with E-state index in [1.165, 1.54) is 4.31 Å². The number of sulfonamides is 1. The van der Waals surface area contributed by atoms with E-state index in [1.807, 2.05) is 0 Å². The Morgan fingerprint density at radius 2 is 1.82 bits per heavy atom. The molecular formula is C14H16F3NO3S. The molecule has 1 aromatic carbocycles. The minimum atomic E-state index is -4.44. The van der Waals surface area contributed by atoms with Gasteiger partial charge in [-0.1, -0.05) is 12.1 Å². The highest BCUT2D eigenvalue weighted by Gasteiger charge is 2.32. The molecule has 8 heteroatoms. The van der Waals surface area contributed by atoms with Crippen LogP contribution in [0.15, 0.2) is 24.3 Å². The number of hydrogen-bond acceptors (Lipinski definition) is 3. The van der Waals surface area contributed by atoms with Crippen molar-refractivity contribution in [3.05, 3.63) is 35.4 Å². The van der Waals surface area contributed by atoms with E-state index >= 15 is 0 Å². The fourth-order valence-electron chi connectivity index (χ4n) is 2.52. The van der Waals surface area contributed by atoms with Gasteiger partial charge in [-0.15, -0.1) is 0 Å². The number of hydrogen-bond donors (Lipinski definition) is 0. The lowest BCUT2D eigenvalue weighted by molar-refractivity contribution is -0.137. The van der Waals surface area contributed by atoms with Gasteiger partial charge >= 0.3 is 6.18 Å². The van der Waals surface area contributed by atoms with Crippen LogP contribution in [0.25, 0.3) is 0 Å². The van der Waals surface area contributed by atoms with E-state index in [2.05, 4.69) is 0 Å². The Kier molecular flexibility index (Phi) is 4.62. The molecule has 22 heavy (non-hydrogen) atoms. The number of rotatable bonds is 3. The molecule has 1 aliphatic heterocycles. The summed E-state index contributed by atoms with van der Waals surface area (Å²) in [5.41, 5.74) is -0.640. The van der Waals surface area contributed by atoms with Crippen LogP contribution < -0.4 is 0 Å². The molecule has 0 spiro atoms. The fraction of sp³-hybridized carbons (Fsp3) is 0.500. The number of benzene rings is 1. The number of nitrogens with zero attached hydrogens (tertiary/aromatic N) is 1. The Morgan fingerprint density at radius 1 is 1.23 bits per heavy atom. The van der Waals surface area contributed by atoms with Gasteiger partial charge in [0.05, 0.1) is 11.8 Å². The average molecular weight is 335 g/mol. The first kappa shape index (κ1) is 17.0. The van der Waals surface area contributed by atoms with Gasteiger partial charge in [0.1, 0.15) is 0 Å². The number of piperidine rings is 1. The summed E-state index contributed by atoms with van der Waals surface area (Å²) in [4.78, 5) is 12.3. The van der Waals surface area contributed by atoms with Crippen LogP contribution in [0, 0.1) is 5.92 Å². The van der Waals surface area contributed by atoms with Crippen molar-refractivity contribution in [3.8, 4) is 0 Å². The van der Waals surface area contributed by atoms with Gasteiger partial charge in [-0.05, 0) is 25.0 Å². The van der Waals surface area contributed by atoms with Gasteiger partial charge in [-0.3, -0.25) is 4.79 Å². The third-order valence-electron chi connectivity index (χ3n) is 3.72. The van der Waals surface area contributed by atoms with Crippen molar-refractivity contribution < 1.29 is 26.4 Å². The number of carbonyl (C=O) groups is 1. The predicted octanol–water partition coefficient (Wildman–Crippen LogP) is 2.56. The molecule has 0 radical (unpaired) electrons. The highest BCUT2D eigenvalue weighted by molar-refractivity contribution is 7.88. The maximum atomic E-state index is 12.5. The topological polar surface area (TPSA) is 54.5 Å². The lowest BCUT2D eigenvalue weighted by atomic mass is 9.90. The Bertz CT molecular complexity index is 653. The summed E-state index contributed by atoms with van der Waals surface area (Å²) in [5.74, 6) is -0.831. The summed E-state index contributed by atoms with van der Waals surface area (Å²) in [5, 5.41) is 0. The molecule has 0 amide bonds. The van der Waals surface area contributed by atoms with Gasteiger partial charge in [0.25, 0.3) is 0 Å². The second-order valence-corrected chi connectivity index (χ2v) is 7.38. The van der Waals surface area contributed by atoms with Crippen LogP contribution in [-0.2, 0) is 16.2 Å². The molecule has 0 bridgehead atoms. The third kappa shape index (κ3) is 3.86. The van der Waals surface area contributed by atoms with Gasteiger partial charge in [0, 0.05) is 24.6 Å². The van der Waals surface area contributed by atoms with Crippen LogP contribution in [0.2, 0.25) is 0 Å². The highest BCUT2D eigenvalue weighted by atomic mass is 32.2. The first-order valence-corrected chi connectivity index (χ1v) is 8.60. The molecular weight excluding hydrogens is 319 g/mol. The van der Waals surface area contributed by atoms with Crippen LogP contribution >= 0.6 is 0 Å². The number of carbonyl (C=O) groups excluding carboxylic acids is 1. The molecule has 1 aromatic rings. The number of Topliss-reactive ketones (excluding diaryl/α,β-unsaturated/α-hetero) is 1. The Balaban J connectivity index is 2.14. The molecule has 0 aromatic heterocycles. The van der Waals surface area contributed by atoms with Crippen molar-refractivity contribution in [1.82, 2.24) is 4.31 Å². The zero-order valence-electron chi connectivity index (χ0n) is 11.9. The standard InChI is InChI=1S/C14H16F3NO3S/c1-22(20,21)18-8-2-3-11(9-18)13(19)10-4-6-12(7-5-10)14(15,16)17/h4-7,11H,2-3,8-9H2,1H3. The van der Waals surface area contributed by atoms with Gasteiger partial charge in [0.15, 0.2) is 5.78 Å². The van der Waals surface area contributed by atoms with Crippen LogP contribution in [0.4, 0.5) is 13.2 Å². The number of alkyl halides is 3. The van der Waals surface area contributed by atoms with E-state index < -0.39 is 27.7 Å². The van der Waals surface area contributed by atoms with E-state index in [9.17, 15) is 26.4 Å². The van der Waals surface area contributed by atoms with E-state index in [4.69, 9.17) is 0 Å². The van der Waals surface area contributed by atoms with Crippen molar-refractivity contribution in [2.45, 2.75) is 19.0 Å². The second-order valence-electron chi connectivity index (χ2n) is 5.40. The molecule has 0 aliphatic carbocycles. The molecule has 122 valence electrons. The van der Waals surface area contributed by atoms with Crippen molar-refractivity contribution in [2.75, 3.05) is 19.3 Å². The maximum Gasteiger partial charge on any atom is 0.416 e. The third-order valence-corrected chi connectivity index (χ3v) is 4.99. The summed E-state index contributed by atoms with van der Waals surface area (Å²) < 4.78 is 61.8. The van der Waals surface area contributed by atoms with Crippen molar-refractivity contribution in [2.24, 2.45) is 5.92 Å². The summed E-state index contributed by atoms with van der Waals surface area (Å²) in [7, 11) is -3.37. The SMILES string of the molecule is CS(=O)(=O)N1CCCC(C(=O)c2ccc(C(F)(F)F)cc2)C1. The molecule has 4 nitrogen and oxygen atoms in total.